The van der Waals surface area contributed by atoms with Crippen molar-refractivity contribution < 1.29 is 0 Å². The Labute approximate surface area is 89.9 Å². The van der Waals surface area contributed by atoms with Gasteiger partial charge >= 0.3 is 0 Å². The highest BCUT2D eigenvalue weighted by molar-refractivity contribution is 9.10. The summed E-state index contributed by atoms with van der Waals surface area (Å²) in [6.07, 6.45) is 0. The van der Waals surface area contributed by atoms with Gasteiger partial charge < -0.3 is 0 Å². The number of nitrogens with zero attached hydrogens (tertiary/aromatic N) is 1. The lowest BCUT2D eigenvalue weighted by molar-refractivity contribution is 1.25. The molecule has 0 unspecified atom stereocenters. The van der Waals surface area contributed by atoms with Gasteiger partial charge in [-0.15, -0.1) is 0 Å². The van der Waals surface area contributed by atoms with Gasteiger partial charge in [-0.05, 0) is 35.0 Å². The number of pyridine rings is 1. The van der Waals surface area contributed by atoms with E-state index in [1.165, 1.54) is 0 Å². The topological polar surface area (TPSA) is 12.9 Å². The molecule has 2 rings (SSSR count). The zero-order valence-corrected chi connectivity index (χ0v) is 9.35. The number of halogens is 2. The van der Waals surface area contributed by atoms with Crippen molar-refractivity contribution in [1.29, 1.82) is 0 Å². The Bertz CT molecular complexity index is 468. The number of hydrogen-bond acceptors (Lipinski definition) is 1. The third-order valence-corrected chi connectivity index (χ3v) is 2.82. The van der Waals surface area contributed by atoms with E-state index in [1.807, 2.05) is 31.2 Å². The normalized spacial score (nSPS) is 10.7. The smallest absolute Gasteiger partial charge is 0.0862 e. The number of fused-ring (bicyclic) bond motifs is 1. The Morgan fingerprint density at radius 1 is 1.38 bits per heavy atom. The zero-order valence-electron chi connectivity index (χ0n) is 7.01. The minimum absolute atomic E-state index is 0.754. The Kier molecular flexibility index (Phi) is 2.26. The highest BCUT2D eigenvalue weighted by atomic mass is 79.9. The molecule has 1 heterocycles. The maximum Gasteiger partial charge on any atom is 0.0862 e. The SMILES string of the molecule is Cc1cc(Cl)c2cccc(Br)c2n1. The third-order valence-electron chi connectivity index (χ3n) is 1.87. The Morgan fingerprint density at radius 2 is 2.15 bits per heavy atom. The van der Waals surface area contributed by atoms with Gasteiger partial charge in [0, 0.05) is 15.6 Å². The van der Waals surface area contributed by atoms with Gasteiger partial charge in [0.05, 0.1) is 10.5 Å². The van der Waals surface area contributed by atoms with E-state index in [4.69, 9.17) is 11.6 Å². The van der Waals surface area contributed by atoms with Crippen LogP contribution in [0.3, 0.4) is 0 Å². The minimum atomic E-state index is 0.754. The average molecular weight is 257 g/mol. The second-order valence-electron chi connectivity index (χ2n) is 2.88. The standard InChI is InChI=1S/C10H7BrClN/c1-6-5-9(12)7-3-2-4-8(11)10(7)13-6/h2-5H,1H3. The predicted molar refractivity (Wildman–Crippen MR) is 59.2 cm³/mol. The molecular formula is C10H7BrClN. The number of aromatic nitrogens is 1. The number of para-hydroxylation sites is 1. The molecule has 0 amide bonds. The van der Waals surface area contributed by atoms with Crippen LogP contribution in [0.5, 0.6) is 0 Å². The van der Waals surface area contributed by atoms with Crippen LogP contribution in [0.25, 0.3) is 10.9 Å². The molecule has 0 spiro atoms. The molecule has 0 fully saturated rings. The molecule has 1 nitrogen and oxygen atoms in total. The summed E-state index contributed by atoms with van der Waals surface area (Å²) in [6.45, 7) is 1.94. The van der Waals surface area contributed by atoms with Crippen LogP contribution in [0, 0.1) is 6.92 Å². The van der Waals surface area contributed by atoms with Crippen molar-refractivity contribution in [3.8, 4) is 0 Å². The van der Waals surface area contributed by atoms with Crippen LogP contribution in [0.15, 0.2) is 28.7 Å². The molecular weight excluding hydrogens is 249 g/mol. The molecule has 0 aliphatic heterocycles. The highest BCUT2D eigenvalue weighted by Gasteiger charge is 2.03. The Hall–Kier alpha value is -0.600. The first-order valence-corrected chi connectivity index (χ1v) is 5.07. The first kappa shape index (κ1) is 8.97. The number of rotatable bonds is 0. The van der Waals surface area contributed by atoms with E-state index < -0.39 is 0 Å². The molecule has 1 aromatic carbocycles. The molecule has 0 saturated carbocycles. The fourth-order valence-corrected chi connectivity index (χ4v) is 2.06. The van der Waals surface area contributed by atoms with Crippen LogP contribution in [-0.2, 0) is 0 Å². The predicted octanol–water partition coefficient (Wildman–Crippen LogP) is 3.96. The summed E-state index contributed by atoms with van der Waals surface area (Å²) in [6, 6.07) is 7.76. The van der Waals surface area contributed by atoms with Crippen LogP contribution >= 0.6 is 27.5 Å². The van der Waals surface area contributed by atoms with Gasteiger partial charge in [0.2, 0.25) is 0 Å². The molecule has 0 atom stereocenters. The quantitative estimate of drug-likeness (QED) is 0.695. The molecule has 13 heavy (non-hydrogen) atoms. The third kappa shape index (κ3) is 1.56. The van der Waals surface area contributed by atoms with Crippen molar-refractivity contribution in [2.75, 3.05) is 0 Å². The summed E-state index contributed by atoms with van der Waals surface area (Å²) in [5.41, 5.74) is 1.86. The van der Waals surface area contributed by atoms with Crippen molar-refractivity contribution in [2.24, 2.45) is 0 Å². The summed E-state index contributed by atoms with van der Waals surface area (Å²) < 4.78 is 0.982. The van der Waals surface area contributed by atoms with E-state index in [-0.39, 0.29) is 0 Å². The lowest BCUT2D eigenvalue weighted by atomic mass is 10.2. The zero-order chi connectivity index (χ0) is 9.42. The maximum absolute atomic E-state index is 6.07. The van der Waals surface area contributed by atoms with E-state index in [1.54, 1.807) is 0 Å². The molecule has 3 heteroatoms. The Morgan fingerprint density at radius 3 is 2.92 bits per heavy atom. The second-order valence-corrected chi connectivity index (χ2v) is 4.14. The molecule has 0 saturated heterocycles. The van der Waals surface area contributed by atoms with Crippen molar-refractivity contribution in [3.63, 3.8) is 0 Å². The summed E-state index contributed by atoms with van der Waals surface area (Å²) in [5.74, 6) is 0. The lowest BCUT2D eigenvalue weighted by Crippen LogP contribution is -1.85. The van der Waals surface area contributed by atoms with E-state index in [0.717, 1.165) is 26.1 Å². The summed E-state index contributed by atoms with van der Waals surface area (Å²) in [4.78, 5) is 4.40. The highest BCUT2D eigenvalue weighted by Crippen LogP contribution is 2.27. The van der Waals surface area contributed by atoms with Crippen LogP contribution < -0.4 is 0 Å². The molecule has 0 aliphatic carbocycles. The van der Waals surface area contributed by atoms with E-state index in [0.29, 0.717) is 0 Å². The number of hydrogen-bond donors (Lipinski definition) is 0. The first-order chi connectivity index (χ1) is 6.18. The van der Waals surface area contributed by atoms with Crippen LogP contribution in [0.2, 0.25) is 5.02 Å². The van der Waals surface area contributed by atoms with Gasteiger partial charge in [0.1, 0.15) is 0 Å². The van der Waals surface area contributed by atoms with Gasteiger partial charge in [-0.25, -0.2) is 0 Å². The molecule has 0 N–H and O–H groups in total. The molecule has 1 aromatic heterocycles. The summed E-state index contributed by atoms with van der Waals surface area (Å²) >= 11 is 9.52. The van der Waals surface area contributed by atoms with Crippen molar-refractivity contribution in [3.05, 3.63) is 39.5 Å². The maximum atomic E-state index is 6.07. The fraction of sp³-hybridized carbons (Fsp3) is 0.100. The Balaban J connectivity index is 2.94. The van der Waals surface area contributed by atoms with Gasteiger partial charge in [-0.3, -0.25) is 4.98 Å². The van der Waals surface area contributed by atoms with Gasteiger partial charge in [0.25, 0.3) is 0 Å². The summed E-state index contributed by atoms with van der Waals surface area (Å²) in [5, 5.41) is 1.74. The van der Waals surface area contributed by atoms with Crippen molar-refractivity contribution >= 4 is 38.4 Å². The number of benzene rings is 1. The second kappa shape index (κ2) is 3.28. The van der Waals surface area contributed by atoms with Gasteiger partial charge in [0.15, 0.2) is 0 Å². The molecule has 0 bridgehead atoms. The largest absolute Gasteiger partial charge is 0.252 e. The monoisotopic (exact) mass is 255 g/mol. The van der Waals surface area contributed by atoms with Crippen LogP contribution in [0.4, 0.5) is 0 Å². The minimum Gasteiger partial charge on any atom is -0.252 e. The molecule has 66 valence electrons. The van der Waals surface area contributed by atoms with Crippen LogP contribution in [0.1, 0.15) is 5.69 Å². The molecule has 0 radical (unpaired) electrons. The van der Waals surface area contributed by atoms with E-state index in [2.05, 4.69) is 20.9 Å². The van der Waals surface area contributed by atoms with Crippen LogP contribution in [-0.4, -0.2) is 4.98 Å². The number of aryl methyl sites for hydroxylation is 1. The van der Waals surface area contributed by atoms with E-state index in [9.17, 15) is 0 Å². The molecule has 2 aromatic rings. The summed E-state index contributed by atoms with van der Waals surface area (Å²) in [7, 11) is 0. The van der Waals surface area contributed by atoms with Crippen molar-refractivity contribution in [1.82, 2.24) is 4.98 Å². The van der Waals surface area contributed by atoms with Gasteiger partial charge in [-0.2, -0.15) is 0 Å². The van der Waals surface area contributed by atoms with E-state index >= 15 is 0 Å². The van der Waals surface area contributed by atoms with Gasteiger partial charge in [-0.1, -0.05) is 23.7 Å². The lowest BCUT2D eigenvalue weighted by Gasteiger charge is -2.02. The first-order valence-electron chi connectivity index (χ1n) is 3.90. The van der Waals surface area contributed by atoms with Crippen molar-refractivity contribution in [2.45, 2.75) is 6.92 Å². The average Bonchev–Trinajstić information content (AvgIpc) is 2.07. The molecule has 0 aliphatic rings. The fourth-order valence-electron chi connectivity index (χ4n) is 1.29.